The molecule has 5 heteroatoms. The highest BCUT2D eigenvalue weighted by atomic mass is 35.5. The molecule has 0 saturated heterocycles. The average molecular weight is 318 g/mol. The molecule has 1 aromatic heterocycles. The van der Waals surface area contributed by atoms with Crippen molar-refractivity contribution in [2.45, 2.75) is 52.0 Å². The van der Waals surface area contributed by atoms with E-state index in [1.54, 1.807) is 0 Å². The highest BCUT2D eigenvalue weighted by Gasteiger charge is 2.21. The number of thiazole rings is 1. The predicted octanol–water partition coefficient (Wildman–Crippen LogP) is 3.64. The lowest BCUT2D eigenvalue weighted by atomic mass is 9.93. The molecule has 3 nitrogen and oxygen atoms in total. The van der Waals surface area contributed by atoms with E-state index >= 15 is 0 Å². The molecule has 1 aromatic rings. The summed E-state index contributed by atoms with van der Waals surface area (Å²) in [7, 11) is 2.17. The number of hydrogen-bond donors (Lipinski definition) is 1. The van der Waals surface area contributed by atoms with Crippen molar-refractivity contribution in [3.8, 4) is 0 Å². The molecule has 1 fully saturated rings. The van der Waals surface area contributed by atoms with E-state index in [2.05, 4.69) is 37.0 Å². The van der Waals surface area contributed by atoms with E-state index in [0.29, 0.717) is 0 Å². The van der Waals surface area contributed by atoms with Crippen molar-refractivity contribution < 1.29 is 0 Å². The lowest BCUT2D eigenvalue weighted by Gasteiger charge is -2.28. The SMILES string of the molecule is CN(Cc1cnc(C2CCCC2)s1)CC(C)(C)CN.Cl. The second-order valence-electron chi connectivity index (χ2n) is 6.69. The van der Waals surface area contributed by atoms with E-state index in [-0.39, 0.29) is 17.8 Å². The Morgan fingerprint density at radius 1 is 1.40 bits per heavy atom. The fourth-order valence-corrected chi connectivity index (χ4v) is 4.04. The van der Waals surface area contributed by atoms with Gasteiger partial charge in [0.2, 0.25) is 0 Å². The smallest absolute Gasteiger partial charge is 0.0959 e. The summed E-state index contributed by atoms with van der Waals surface area (Å²) in [6, 6.07) is 0. The average Bonchev–Trinajstić information content (AvgIpc) is 2.97. The Kier molecular flexibility index (Phi) is 6.92. The molecule has 1 aliphatic rings. The zero-order valence-corrected chi connectivity index (χ0v) is 14.5. The monoisotopic (exact) mass is 317 g/mol. The van der Waals surface area contributed by atoms with E-state index in [1.807, 2.05) is 11.3 Å². The standard InChI is InChI=1S/C15H27N3S.ClH/c1-15(2,10-16)11-18(3)9-13-8-17-14(19-13)12-6-4-5-7-12;/h8,12H,4-7,9-11,16H2,1-3H3;1H. The number of nitrogens with zero attached hydrogens (tertiary/aromatic N) is 2. The van der Waals surface area contributed by atoms with Crippen LogP contribution in [0.1, 0.15) is 55.3 Å². The highest BCUT2D eigenvalue weighted by molar-refractivity contribution is 7.11. The molecule has 0 amide bonds. The summed E-state index contributed by atoms with van der Waals surface area (Å²) in [5, 5.41) is 1.36. The number of aromatic nitrogens is 1. The summed E-state index contributed by atoms with van der Waals surface area (Å²) in [6.45, 7) is 7.20. The first-order valence-corrected chi connectivity index (χ1v) is 8.15. The van der Waals surface area contributed by atoms with Crippen LogP contribution in [0.15, 0.2) is 6.20 Å². The molecule has 0 aromatic carbocycles. The van der Waals surface area contributed by atoms with Crippen LogP contribution in [-0.2, 0) is 6.54 Å². The number of nitrogens with two attached hydrogens (primary N) is 1. The first kappa shape index (κ1) is 17.9. The Bertz CT molecular complexity index is 400. The van der Waals surface area contributed by atoms with Crippen molar-refractivity contribution in [3.63, 3.8) is 0 Å². The molecule has 0 bridgehead atoms. The Morgan fingerprint density at radius 3 is 2.65 bits per heavy atom. The second kappa shape index (κ2) is 7.74. The first-order chi connectivity index (χ1) is 9.00. The fourth-order valence-electron chi connectivity index (χ4n) is 2.87. The van der Waals surface area contributed by atoms with Crippen molar-refractivity contribution in [3.05, 3.63) is 16.1 Å². The minimum atomic E-state index is 0. The van der Waals surface area contributed by atoms with Crippen LogP contribution in [0.2, 0.25) is 0 Å². The molecule has 0 aliphatic heterocycles. The van der Waals surface area contributed by atoms with E-state index in [9.17, 15) is 0 Å². The van der Waals surface area contributed by atoms with E-state index in [0.717, 1.165) is 25.6 Å². The molecule has 0 atom stereocenters. The summed E-state index contributed by atoms with van der Waals surface area (Å²) >= 11 is 1.91. The zero-order valence-electron chi connectivity index (χ0n) is 12.9. The largest absolute Gasteiger partial charge is 0.330 e. The van der Waals surface area contributed by atoms with Crippen LogP contribution in [0.4, 0.5) is 0 Å². The molecule has 116 valence electrons. The third-order valence-corrected chi connectivity index (χ3v) is 5.10. The Balaban J connectivity index is 0.00000200. The van der Waals surface area contributed by atoms with Crippen molar-refractivity contribution in [1.29, 1.82) is 0 Å². The van der Waals surface area contributed by atoms with Gasteiger partial charge in [0.1, 0.15) is 0 Å². The van der Waals surface area contributed by atoms with E-state index in [1.165, 1.54) is 35.6 Å². The van der Waals surface area contributed by atoms with Gasteiger partial charge in [-0.15, -0.1) is 23.7 Å². The third kappa shape index (κ3) is 4.99. The van der Waals surface area contributed by atoms with Gasteiger partial charge in [0.15, 0.2) is 0 Å². The first-order valence-electron chi connectivity index (χ1n) is 7.33. The van der Waals surface area contributed by atoms with Gasteiger partial charge in [0.05, 0.1) is 5.01 Å². The van der Waals surface area contributed by atoms with Crippen LogP contribution in [0.5, 0.6) is 0 Å². The normalized spacial score (nSPS) is 16.6. The topological polar surface area (TPSA) is 42.2 Å². The molecule has 20 heavy (non-hydrogen) atoms. The molecule has 1 aliphatic carbocycles. The maximum absolute atomic E-state index is 5.80. The van der Waals surface area contributed by atoms with Gasteiger partial charge in [-0.3, -0.25) is 0 Å². The third-order valence-electron chi connectivity index (χ3n) is 3.95. The van der Waals surface area contributed by atoms with Crippen LogP contribution in [0, 0.1) is 5.41 Å². The van der Waals surface area contributed by atoms with Gasteiger partial charge >= 0.3 is 0 Å². The van der Waals surface area contributed by atoms with Crippen molar-refractivity contribution in [1.82, 2.24) is 9.88 Å². The molecule has 1 saturated carbocycles. The molecule has 2 rings (SSSR count). The summed E-state index contributed by atoms with van der Waals surface area (Å²) in [6.07, 6.45) is 7.50. The molecular weight excluding hydrogens is 290 g/mol. The fraction of sp³-hybridized carbons (Fsp3) is 0.800. The maximum Gasteiger partial charge on any atom is 0.0959 e. The Hall–Kier alpha value is -0.160. The zero-order chi connectivity index (χ0) is 13.9. The lowest BCUT2D eigenvalue weighted by Crippen LogP contribution is -2.36. The van der Waals surface area contributed by atoms with Crippen molar-refractivity contribution in [2.24, 2.45) is 11.1 Å². The molecule has 0 unspecified atom stereocenters. The van der Waals surface area contributed by atoms with Crippen LogP contribution < -0.4 is 5.73 Å². The van der Waals surface area contributed by atoms with Gasteiger partial charge < -0.3 is 10.6 Å². The van der Waals surface area contributed by atoms with Crippen LogP contribution in [0.25, 0.3) is 0 Å². The van der Waals surface area contributed by atoms with E-state index < -0.39 is 0 Å². The quantitative estimate of drug-likeness (QED) is 0.871. The van der Waals surface area contributed by atoms with Crippen LogP contribution in [-0.4, -0.2) is 30.0 Å². The summed E-state index contributed by atoms with van der Waals surface area (Å²) < 4.78 is 0. The van der Waals surface area contributed by atoms with E-state index in [4.69, 9.17) is 5.73 Å². The number of halogens is 1. The van der Waals surface area contributed by atoms with Gasteiger partial charge in [0, 0.05) is 30.1 Å². The molecule has 1 heterocycles. The number of rotatable bonds is 6. The molecule has 0 radical (unpaired) electrons. The van der Waals surface area contributed by atoms with Crippen LogP contribution in [0.3, 0.4) is 0 Å². The van der Waals surface area contributed by atoms with Gasteiger partial charge in [0.25, 0.3) is 0 Å². The van der Waals surface area contributed by atoms with Gasteiger partial charge in [-0.05, 0) is 31.8 Å². The Morgan fingerprint density at radius 2 is 2.05 bits per heavy atom. The lowest BCUT2D eigenvalue weighted by molar-refractivity contribution is 0.211. The van der Waals surface area contributed by atoms with Gasteiger partial charge in [-0.2, -0.15) is 0 Å². The summed E-state index contributed by atoms with van der Waals surface area (Å²) in [4.78, 5) is 8.38. The summed E-state index contributed by atoms with van der Waals surface area (Å²) in [5.41, 5.74) is 5.99. The van der Waals surface area contributed by atoms with Gasteiger partial charge in [-0.1, -0.05) is 26.7 Å². The van der Waals surface area contributed by atoms with Gasteiger partial charge in [-0.25, -0.2) is 4.98 Å². The molecular formula is C15H28ClN3S. The predicted molar refractivity (Wildman–Crippen MR) is 89.7 cm³/mol. The second-order valence-corrected chi connectivity index (χ2v) is 7.83. The van der Waals surface area contributed by atoms with Crippen molar-refractivity contribution >= 4 is 23.7 Å². The van der Waals surface area contributed by atoms with Crippen molar-refractivity contribution in [2.75, 3.05) is 20.1 Å². The minimum absolute atomic E-state index is 0. The number of hydrogen-bond acceptors (Lipinski definition) is 4. The van der Waals surface area contributed by atoms with Crippen LogP contribution >= 0.6 is 23.7 Å². The molecule has 2 N–H and O–H groups in total. The highest BCUT2D eigenvalue weighted by Crippen LogP contribution is 2.36. The summed E-state index contributed by atoms with van der Waals surface area (Å²) in [5.74, 6) is 0.740. The minimum Gasteiger partial charge on any atom is -0.330 e. The maximum atomic E-state index is 5.80. The Labute approximate surface area is 133 Å². The molecule has 0 spiro atoms.